The van der Waals surface area contributed by atoms with Gasteiger partial charge in [0.15, 0.2) is 11.2 Å². The topological polar surface area (TPSA) is 90.9 Å². The molecule has 24 heavy (non-hydrogen) atoms. The van der Waals surface area contributed by atoms with Crippen molar-refractivity contribution < 1.29 is 4.79 Å². The summed E-state index contributed by atoms with van der Waals surface area (Å²) in [5, 5.41) is 2.86. The number of imidazole rings is 1. The van der Waals surface area contributed by atoms with Crippen LogP contribution in [0.25, 0.3) is 11.2 Å². The molecule has 0 aromatic carbocycles. The van der Waals surface area contributed by atoms with Gasteiger partial charge in [-0.15, -0.1) is 0 Å². The maximum absolute atomic E-state index is 12.3. The highest BCUT2D eigenvalue weighted by Crippen LogP contribution is 2.05. The number of fused-ring (bicyclic) bond motifs is 1. The van der Waals surface area contributed by atoms with Crippen molar-refractivity contribution in [2.24, 2.45) is 14.1 Å². The fourth-order valence-electron chi connectivity index (χ4n) is 2.68. The number of unbranched alkanes of at least 4 members (excludes halogenated alkanes) is 4. The Hall–Kier alpha value is -2.38. The third-order valence-electron chi connectivity index (χ3n) is 4.13. The minimum absolute atomic E-state index is 0.0128. The molecular formula is C16H25N5O3. The van der Waals surface area contributed by atoms with Crippen molar-refractivity contribution >= 4 is 17.1 Å². The zero-order valence-corrected chi connectivity index (χ0v) is 14.5. The van der Waals surface area contributed by atoms with E-state index in [0.717, 1.165) is 17.4 Å². The van der Waals surface area contributed by atoms with E-state index in [1.165, 1.54) is 41.8 Å². The van der Waals surface area contributed by atoms with Gasteiger partial charge in [-0.3, -0.25) is 18.7 Å². The van der Waals surface area contributed by atoms with Crippen LogP contribution in [0, 0.1) is 0 Å². The van der Waals surface area contributed by atoms with Gasteiger partial charge in [0.1, 0.15) is 6.54 Å². The number of hydrogen-bond donors (Lipinski definition) is 1. The number of carbonyl (C=O) groups is 1. The van der Waals surface area contributed by atoms with Crippen LogP contribution in [0.5, 0.6) is 0 Å². The van der Waals surface area contributed by atoms with E-state index in [2.05, 4.69) is 17.2 Å². The molecule has 0 radical (unpaired) electrons. The van der Waals surface area contributed by atoms with Crippen LogP contribution < -0.4 is 16.6 Å². The molecule has 1 amide bonds. The number of rotatable bonds is 8. The van der Waals surface area contributed by atoms with Crippen LogP contribution in [0.3, 0.4) is 0 Å². The summed E-state index contributed by atoms with van der Waals surface area (Å²) in [5.74, 6) is -0.166. The SMILES string of the molecule is CCCCCCCNC(=O)Cn1cnc2c1c(=O)n(C)c(=O)n2C. The fourth-order valence-corrected chi connectivity index (χ4v) is 2.68. The van der Waals surface area contributed by atoms with Gasteiger partial charge in [-0.1, -0.05) is 32.6 Å². The van der Waals surface area contributed by atoms with Gasteiger partial charge in [-0.2, -0.15) is 0 Å². The lowest BCUT2D eigenvalue weighted by atomic mass is 10.1. The van der Waals surface area contributed by atoms with E-state index in [9.17, 15) is 14.4 Å². The predicted octanol–water partition coefficient (Wildman–Crippen LogP) is 0.520. The minimum atomic E-state index is -0.446. The van der Waals surface area contributed by atoms with Crippen LogP contribution in [-0.2, 0) is 25.4 Å². The van der Waals surface area contributed by atoms with Gasteiger partial charge in [-0.05, 0) is 6.42 Å². The minimum Gasteiger partial charge on any atom is -0.355 e. The predicted molar refractivity (Wildman–Crippen MR) is 92.0 cm³/mol. The zero-order valence-electron chi connectivity index (χ0n) is 14.5. The number of carbonyl (C=O) groups excluding carboxylic acids is 1. The summed E-state index contributed by atoms with van der Waals surface area (Å²) in [7, 11) is 2.97. The molecule has 0 fully saturated rings. The first-order valence-electron chi connectivity index (χ1n) is 8.35. The Labute approximate surface area is 140 Å². The molecule has 0 unspecified atom stereocenters. The summed E-state index contributed by atoms with van der Waals surface area (Å²) < 4.78 is 3.81. The standard InChI is InChI=1S/C16H25N5O3/c1-4-5-6-7-8-9-17-12(22)10-21-11-18-14-13(21)15(23)20(3)16(24)19(14)2/h11H,4-10H2,1-3H3,(H,17,22). The van der Waals surface area contributed by atoms with Crippen LogP contribution >= 0.6 is 0 Å². The second-order valence-electron chi connectivity index (χ2n) is 6.01. The maximum atomic E-state index is 12.3. The second-order valence-corrected chi connectivity index (χ2v) is 6.01. The number of amides is 1. The average molecular weight is 335 g/mol. The second kappa shape index (κ2) is 7.94. The van der Waals surface area contributed by atoms with Crippen molar-refractivity contribution in [3.63, 3.8) is 0 Å². The smallest absolute Gasteiger partial charge is 0.332 e. The van der Waals surface area contributed by atoms with Crippen LogP contribution in [0.15, 0.2) is 15.9 Å². The lowest BCUT2D eigenvalue weighted by Crippen LogP contribution is -2.38. The third kappa shape index (κ3) is 3.74. The van der Waals surface area contributed by atoms with Crippen molar-refractivity contribution in [1.82, 2.24) is 24.0 Å². The van der Waals surface area contributed by atoms with Crippen LogP contribution in [0.2, 0.25) is 0 Å². The van der Waals surface area contributed by atoms with E-state index < -0.39 is 11.2 Å². The highest BCUT2D eigenvalue weighted by molar-refractivity contribution is 5.78. The lowest BCUT2D eigenvalue weighted by molar-refractivity contribution is -0.121. The van der Waals surface area contributed by atoms with Crippen molar-refractivity contribution in [2.45, 2.75) is 45.6 Å². The molecule has 2 aromatic heterocycles. The van der Waals surface area contributed by atoms with Gasteiger partial charge >= 0.3 is 5.69 Å². The molecule has 1 N–H and O–H groups in total. The summed E-state index contributed by atoms with van der Waals surface area (Å²) in [6.45, 7) is 2.81. The highest BCUT2D eigenvalue weighted by Gasteiger charge is 2.15. The molecule has 0 aliphatic carbocycles. The number of aryl methyl sites for hydroxylation is 1. The zero-order chi connectivity index (χ0) is 17.7. The lowest BCUT2D eigenvalue weighted by Gasteiger charge is -2.08. The van der Waals surface area contributed by atoms with E-state index in [1.807, 2.05) is 0 Å². The van der Waals surface area contributed by atoms with Gasteiger partial charge in [0, 0.05) is 20.6 Å². The molecule has 0 bridgehead atoms. The highest BCUT2D eigenvalue weighted by atomic mass is 16.2. The van der Waals surface area contributed by atoms with Crippen LogP contribution in [0.4, 0.5) is 0 Å². The van der Waals surface area contributed by atoms with E-state index in [4.69, 9.17) is 0 Å². The van der Waals surface area contributed by atoms with Crippen molar-refractivity contribution in [2.75, 3.05) is 6.54 Å². The Bertz CT molecular complexity index is 831. The molecule has 8 nitrogen and oxygen atoms in total. The summed E-state index contributed by atoms with van der Waals surface area (Å²) in [6, 6.07) is 0. The summed E-state index contributed by atoms with van der Waals surface area (Å²) in [5.41, 5.74) is -0.333. The molecule has 2 aromatic rings. The Morgan fingerprint density at radius 2 is 1.83 bits per heavy atom. The molecule has 0 saturated heterocycles. The summed E-state index contributed by atoms with van der Waals surface area (Å²) >= 11 is 0. The third-order valence-corrected chi connectivity index (χ3v) is 4.13. The Balaban J connectivity index is 2.04. The Kier molecular flexibility index (Phi) is 5.94. The first-order chi connectivity index (χ1) is 11.5. The average Bonchev–Trinajstić information content (AvgIpc) is 2.97. The molecule has 0 aliphatic rings. The van der Waals surface area contributed by atoms with Gasteiger partial charge in [0.25, 0.3) is 5.56 Å². The van der Waals surface area contributed by atoms with E-state index >= 15 is 0 Å². The normalized spacial score (nSPS) is 11.1. The molecular weight excluding hydrogens is 310 g/mol. The van der Waals surface area contributed by atoms with Crippen LogP contribution in [0.1, 0.15) is 39.0 Å². The van der Waals surface area contributed by atoms with Gasteiger partial charge in [-0.25, -0.2) is 9.78 Å². The first-order valence-corrected chi connectivity index (χ1v) is 8.35. The first kappa shape index (κ1) is 18.0. The van der Waals surface area contributed by atoms with Gasteiger partial charge in [0.05, 0.1) is 6.33 Å². The molecule has 0 spiro atoms. The summed E-state index contributed by atoms with van der Waals surface area (Å²) in [4.78, 5) is 40.3. The largest absolute Gasteiger partial charge is 0.355 e. The van der Waals surface area contributed by atoms with Crippen molar-refractivity contribution in [3.05, 3.63) is 27.2 Å². The van der Waals surface area contributed by atoms with Gasteiger partial charge in [0.2, 0.25) is 5.91 Å². The quantitative estimate of drug-likeness (QED) is 0.712. The van der Waals surface area contributed by atoms with Gasteiger partial charge < -0.3 is 9.88 Å². The van der Waals surface area contributed by atoms with Crippen molar-refractivity contribution in [3.8, 4) is 0 Å². The Morgan fingerprint density at radius 3 is 2.54 bits per heavy atom. The molecule has 8 heteroatoms. The molecule has 0 saturated carbocycles. The molecule has 0 atom stereocenters. The Morgan fingerprint density at radius 1 is 1.12 bits per heavy atom. The number of hydrogen-bond acceptors (Lipinski definition) is 4. The number of aromatic nitrogens is 4. The summed E-state index contributed by atoms with van der Waals surface area (Å²) in [6.07, 6.45) is 7.07. The van der Waals surface area contributed by atoms with E-state index in [1.54, 1.807) is 7.05 Å². The molecule has 132 valence electrons. The number of nitrogens with one attached hydrogen (secondary N) is 1. The van der Waals surface area contributed by atoms with E-state index in [0.29, 0.717) is 6.54 Å². The maximum Gasteiger partial charge on any atom is 0.332 e. The van der Waals surface area contributed by atoms with Crippen molar-refractivity contribution in [1.29, 1.82) is 0 Å². The molecule has 2 heterocycles. The van der Waals surface area contributed by atoms with Crippen LogP contribution in [-0.4, -0.2) is 31.1 Å². The monoisotopic (exact) mass is 335 g/mol. The fraction of sp³-hybridized carbons (Fsp3) is 0.625. The molecule has 2 rings (SSSR count). The number of nitrogens with zero attached hydrogens (tertiary/aromatic N) is 4. The van der Waals surface area contributed by atoms with E-state index in [-0.39, 0.29) is 23.6 Å². The molecule has 0 aliphatic heterocycles.